The summed E-state index contributed by atoms with van der Waals surface area (Å²) in [7, 11) is 0. The van der Waals surface area contributed by atoms with Crippen LogP contribution in [0.4, 0.5) is 5.00 Å². The van der Waals surface area contributed by atoms with Crippen LogP contribution in [0.2, 0.25) is 0 Å². The van der Waals surface area contributed by atoms with Crippen LogP contribution in [-0.4, -0.2) is 11.9 Å². The minimum Gasteiger partial charge on any atom is -0.320 e. The lowest BCUT2D eigenvalue weighted by Crippen LogP contribution is -2.32. The number of nitrogens with two attached hydrogens (primary N) is 1. The lowest BCUT2D eigenvalue weighted by Gasteiger charge is -2.05. The average Bonchev–Trinajstić information content (AvgIpc) is 2.36. The monoisotopic (exact) mass is 184 g/mol. The zero-order valence-electron chi connectivity index (χ0n) is 7.13. The fourth-order valence-electron chi connectivity index (χ4n) is 0.727. The first-order chi connectivity index (χ1) is 5.61. The number of carbonyl (C=O) groups excluding carboxylic acids is 1. The number of nitrogens with one attached hydrogen (secondary N) is 1. The predicted molar refractivity (Wildman–Crippen MR) is 51.3 cm³/mol. The third kappa shape index (κ3) is 2.06. The van der Waals surface area contributed by atoms with Gasteiger partial charge in [0.05, 0.1) is 11.0 Å². The summed E-state index contributed by atoms with van der Waals surface area (Å²) in [6.07, 6.45) is 0. The Kier molecular flexibility index (Phi) is 2.83. The molecule has 0 bridgehead atoms. The van der Waals surface area contributed by atoms with Crippen LogP contribution in [0.3, 0.4) is 0 Å². The first-order valence-corrected chi connectivity index (χ1v) is 4.59. The van der Waals surface area contributed by atoms with Crippen LogP contribution in [0.15, 0.2) is 11.4 Å². The summed E-state index contributed by atoms with van der Waals surface area (Å²) in [5.74, 6) is -0.138. The van der Waals surface area contributed by atoms with Gasteiger partial charge in [0.15, 0.2) is 0 Å². The number of hydrogen-bond donors (Lipinski definition) is 2. The zero-order chi connectivity index (χ0) is 9.14. The Bertz CT molecular complexity index is 280. The molecule has 1 unspecified atom stereocenters. The van der Waals surface area contributed by atoms with Gasteiger partial charge in [-0.1, -0.05) is 0 Å². The highest BCUT2D eigenvalue weighted by atomic mass is 32.1. The second kappa shape index (κ2) is 3.69. The van der Waals surface area contributed by atoms with Gasteiger partial charge in [0.2, 0.25) is 5.91 Å². The molecule has 66 valence electrons. The SMILES string of the molecule is Cc1ccsc1NC(=O)C(C)N. The number of carbonyl (C=O) groups is 1. The molecule has 1 aromatic heterocycles. The molecule has 3 nitrogen and oxygen atoms in total. The van der Waals surface area contributed by atoms with Crippen LogP contribution >= 0.6 is 11.3 Å². The van der Waals surface area contributed by atoms with Gasteiger partial charge in [-0.15, -0.1) is 11.3 Å². The first-order valence-electron chi connectivity index (χ1n) is 3.72. The number of amides is 1. The molecule has 3 N–H and O–H groups in total. The molecule has 1 aromatic rings. The molecule has 1 atom stereocenters. The van der Waals surface area contributed by atoms with Crippen molar-refractivity contribution < 1.29 is 4.79 Å². The normalized spacial score (nSPS) is 12.6. The highest BCUT2D eigenvalue weighted by Gasteiger charge is 2.08. The fraction of sp³-hybridized carbons (Fsp3) is 0.375. The van der Waals surface area contributed by atoms with Gasteiger partial charge < -0.3 is 11.1 Å². The molecule has 0 fully saturated rings. The van der Waals surface area contributed by atoms with E-state index in [2.05, 4.69) is 5.32 Å². The first kappa shape index (κ1) is 9.22. The molecule has 1 amide bonds. The third-order valence-corrected chi connectivity index (χ3v) is 2.44. The molecule has 1 heterocycles. The van der Waals surface area contributed by atoms with Crippen molar-refractivity contribution >= 4 is 22.2 Å². The number of thiophene rings is 1. The highest BCUT2D eigenvalue weighted by molar-refractivity contribution is 7.14. The van der Waals surface area contributed by atoms with Gasteiger partial charge in [0.1, 0.15) is 0 Å². The van der Waals surface area contributed by atoms with E-state index in [4.69, 9.17) is 5.73 Å². The van der Waals surface area contributed by atoms with E-state index in [1.807, 2.05) is 18.4 Å². The minimum atomic E-state index is -0.452. The summed E-state index contributed by atoms with van der Waals surface area (Å²) in [5, 5.41) is 5.57. The standard InChI is InChI=1S/C8H12N2OS/c1-5-3-4-12-8(5)10-7(11)6(2)9/h3-4,6H,9H2,1-2H3,(H,10,11). The summed E-state index contributed by atoms with van der Waals surface area (Å²) in [6, 6.07) is 1.51. The summed E-state index contributed by atoms with van der Waals surface area (Å²) in [6.45, 7) is 3.62. The number of hydrogen-bond acceptors (Lipinski definition) is 3. The van der Waals surface area contributed by atoms with E-state index < -0.39 is 6.04 Å². The van der Waals surface area contributed by atoms with Crippen LogP contribution < -0.4 is 11.1 Å². The number of anilines is 1. The Hall–Kier alpha value is -0.870. The van der Waals surface area contributed by atoms with E-state index in [0.717, 1.165) is 10.6 Å². The lowest BCUT2D eigenvalue weighted by atomic mass is 10.3. The van der Waals surface area contributed by atoms with Gasteiger partial charge in [0, 0.05) is 0 Å². The quantitative estimate of drug-likeness (QED) is 0.728. The molecular formula is C8H12N2OS. The van der Waals surface area contributed by atoms with E-state index in [1.54, 1.807) is 6.92 Å². The topological polar surface area (TPSA) is 55.1 Å². The van der Waals surface area contributed by atoms with Crippen molar-refractivity contribution in [3.05, 3.63) is 17.0 Å². The van der Waals surface area contributed by atoms with Gasteiger partial charge in [-0.3, -0.25) is 4.79 Å². The molecule has 0 saturated heterocycles. The summed E-state index contributed by atoms with van der Waals surface area (Å²) >= 11 is 1.51. The maximum absolute atomic E-state index is 11.1. The predicted octanol–water partition coefficient (Wildman–Crippen LogP) is 1.34. The summed E-state index contributed by atoms with van der Waals surface area (Å²) < 4.78 is 0. The van der Waals surface area contributed by atoms with E-state index in [1.165, 1.54) is 11.3 Å². The summed E-state index contributed by atoms with van der Waals surface area (Å²) in [5.41, 5.74) is 6.47. The van der Waals surface area contributed by atoms with Crippen molar-refractivity contribution in [3.63, 3.8) is 0 Å². The molecule has 4 heteroatoms. The Balaban J connectivity index is 2.64. The molecule has 0 aliphatic heterocycles. The Morgan fingerprint density at radius 3 is 2.83 bits per heavy atom. The zero-order valence-corrected chi connectivity index (χ0v) is 7.94. The molecule has 0 radical (unpaired) electrons. The molecule has 1 rings (SSSR count). The van der Waals surface area contributed by atoms with Crippen LogP contribution in [-0.2, 0) is 4.79 Å². The van der Waals surface area contributed by atoms with Crippen LogP contribution in [0, 0.1) is 6.92 Å². The molecule has 0 aliphatic rings. The second-order valence-corrected chi connectivity index (χ2v) is 3.63. The minimum absolute atomic E-state index is 0.138. The Morgan fingerprint density at radius 2 is 2.42 bits per heavy atom. The van der Waals surface area contributed by atoms with E-state index in [0.29, 0.717) is 0 Å². The smallest absolute Gasteiger partial charge is 0.241 e. The summed E-state index contributed by atoms with van der Waals surface area (Å²) in [4.78, 5) is 11.1. The van der Waals surface area contributed by atoms with Crippen LogP contribution in [0.5, 0.6) is 0 Å². The van der Waals surface area contributed by atoms with E-state index >= 15 is 0 Å². The van der Waals surface area contributed by atoms with Crippen molar-refractivity contribution in [1.29, 1.82) is 0 Å². The average molecular weight is 184 g/mol. The van der Waals surface area contributed by atoms with Crippen LogP contribution in [0.25, 0.3) is 0 Å². The maximum atomic E-state index is 11.1. The number of rotatable bonds is 2. The van der Waals surface area contributed by atoms with Gasteiger partial charge in [-0.25, -0.2) is 0 Å². The van der Waals surface area contributed by atoms with Gasteiger partial charge in [0.25, 0.3) is 0 Å². The molecule has 12 heavy (non-hydrogen) atoms. The van der Waals surface area contributed by atoms with Crippen molar-refractivity contribution in [1.82, 2.24) is 0 Å². The van der Waals surface area contributed by atoms with E-state index in [9.17, 15) is 4.79 Å². The highest BCUT2D eigenvalue weighted by Crippen LogP contribution is 2.21. The Labute approximate surface area is 75.6 Å². The van der Waals surface area contributed by atoms with Gasteiger partial charge in [-0.2, -0.15) is 0 Å². The van der Waals surface area contributed by atoms with Crippen molar-refractivity contribution in [2.75, 3.05) is 5.32 Å². The third-order valence-electron chi connectivity index (χ3n) is 1.51. The second-order valence-electron chi connectivity index (χ2n) is 2.71. The molecule has 0 spiro atoms. The maximum Gasteiger partial charge on any atom is 0.241 e. The largest absolute Gasteiger partial charge is 0.320 e. The lowest BCUT2D eigenvalue weighted by molar-refractivity contribution is -0.117. The molecule has 0 aliphatic carbocycles. The van der Waals surface area contributed by atoms with Crippen molar-refractivity contribution in [3.8, 4) is 0 Å². The fourth-order valence-corrected chi connectivity index (χ4v) is 1.55. The van der Waals surface area contributed by atoms with Gasteiger partial charge >= 0.3 is 0 Å². The number of aryl methyl sites for hydroxylation is 1. The van der Waals surface area contributed by atoms with Gasteiger partial charge in [-0.05, 0) is 30.9 Å². The van der Waals surface area contributed by atoms with Crippen LogP contribution in [0.1, 0.15) is 12.5 Å². The molecular weight excluding hydrogens is 172 g/mol. The van der Waals surface area contributed by atoms with E-state index in [-0.39, 0.29) is 5.91 Å². The Morgan fingerprint density at radius 1 is 1.75 bits per heavy atom. The van der Waals surface area contributed by atoms with Crippen molar-refractivity contribution in [2.45, 2.75) is 19.9 Å². The van der Waals surface area contributed by atoms with Crippen molar-refractivity contribution in [2.24, 2.45) is 5.73 Å². The molecule has 0 aromatic carbocycles. The molecule has 0 saturated carbocycles.